The number of benzene rings is 2. The van der Waals surface area contributed by atoms with Crippen molar-refractivity contribution in [1.82, 2.24) is 0 Å². The molecule has 0 saturated carbocycles. The highest BCUT2D eigenvalue weighted by molar-refractivity contribution is 6.58. The minimum Gasteiger partial charge on any atom is -0.406 e. The SMILES string of the molecule is CCCCC[Si]1CCC(CCc2ccc(-c3ccc(OC(F)(F)F)cc3)cc2)CC1. The fourth-order valence-corrected chi connectivity index (χ4v) is 7.47. The Hall–Kier alpha value is -1.75. The zero-order valence-electron chi connectivity index (χ0n) is 17.8. The molecule has 163 valence electrons. The van der Waals surface area contributed by atoms with Gasteiger partial charge in [-0.15, -0.1) is 13.2 Å². The monoisotopic (exact) mass is 433 g/mol. The normalized spacial score (nSPS) is 16.0. The van der Waals surface area contributed by atoms with Crippen LogP contribution in [0.1, 0.15) is 51.0 Å². The summed E-state index contributed by atoms with van der Waals surface area (Å²) in [6.07, 6.45) is 4.75. The first-order valence-corrected chi connectivity index (χ1v) is 13.3. The number of ether oxygens (including phenoxy) is 1. The molecule has 0 unspecified atom stereocenters. The van der Waals surface area contributed by atoms with E-state index in [1.54, 1.807) is 12.1 Å². The van der Waals surface area contributed by atoms with Gasteiger partial charge in [-0.3, -0.25) is 0 Å². The zero-order chi connectivity index (χ0) is 21.4. The summed E-state index contributed by atoms with van der Waals surface area (Å²) in [4.78, 5) is 0. The summed E-state index contributed by atoms with van der Waals surface area (Å²) in [5.41, 5.74) is 3.24. The van der Waals surface area contributed by atoms with Crippen LogP contribution < -0.4 is 4.74 Å². The highest BCUT2D eigenvalue weighted by Crippen LogP contribution is 2.32. The lowest BCUT2D eigenvalue weighted by Crippen LogP contribution is -2.21. The molecule has 1 fully saturated rings. The average Bonchev–Trinajstić information content (AvgIpc) is 2.73. The Balaban J connectivity index is 1.44. The first-order valence-electron chi connectivity index (χ1n) is 11.2. The summed E-state index contributed by atoms with van der Waals surface area (Å²) >= 11 is 0. The number of rotatable bonds is 9. The van der Waals surface area contributed by atoms with E-state index in [1.807, 2.05) is 0 Å². The minimum atomic E-state index is -4.65. The van der Waals surface area contributed by atoms with E-state index in [2.05, 4.69) is 35.9 Å². The van der Waals surface area contributed by atoms with E-state index in [9.17, 15) is 13.2 Å². The van der Waals surface area contributed by atoms with Crippen molar-refractivity contribution in [3.8, 4) is 16.9 Å². The van der Waals surface area contributed by atoms with Crippen LogP contribution in [0.2, 0.25) is 18.1 Å². The molecule has 0 atom stereocenters. The van der Waals surface area contributed by atoms with Gasteiger partial charge >= 0.3 is 6.36 Å². The van der Waals surface area contributed by atoms with E-state index in [1.165, 1.54) is 74.4 Å². The van der Waals surface area contributed by atoms with E-state index in [0.717, 1.165) is 23.5 Å². The van der Waals surface area contributed by atoms with Gasteiger partial charge in [0.05, 0.1) is 0 Å². The summed E-state index contributed by atoms with van der Waals surface area (Å²) < 4.78 is 40.8. The summed E-state index contributed by atoms with van der Waals surface area (Å²) in [7, 11) is -0.0553. The Morgan fingerprint density at radius 2 is 1.50 bits per heavy atom. The Morgan fingerprint density at radius 3 is 2.07 bits per heavy atom. The molecule has 1 nitrogen and oxygen atoms in total. The van der Waals surface area contributed by atoms with Gasteiger partial charge in [0.2, 0.25) is 0 Å². The van der Waals surface area contributed by atoms with Gasteiger partial charge in [-0.05, 0) is 47.6 Å². The maximum absolute atomic E-state index is 12.3. The highest BCUT2D eigenvalue weighted by Gasteiger charge is 2.31. The van der Waals surface area contributed by atoms with Gasteiger partial charge in [-0.1, -0.05) is 93.6 Å². The van der Waals surface area contributed by atoms with Gasteiger partial charge in [-0.25, -0.2) is 0 Å². The molecule has 0 N–H and O–H groups in total. The largest absolute Gasteiger partial charge is 0.573 e. The molecule has 2 aromatic carbocycles. The third-order valence-electron chi connectivity index (χ3n) is 6.16. The quantitative estimate of drug-likeness (QED) is 0.285. The van der Waals surface area contributed by atoms with Gasteiger partial charge in [0, 0.05) is 8.80 Å². The Labute approximate surface area is 180 Å². The van der Waals surface area contributed by atoms with Crippen molar-refractivity contribution in [2.75, 3.05) is 0 Å². The third-order valence-corrected chi connectivity index (χ3v) is 9.21. The minimum absolute atomic E-state index is 0.0553. The molecule has 5 heteroatoms. The molecule has 2 aromatic rings. The lowest BCUT2D eigenvalue weighted by molar-refractivity contribution is -0.274. The maximum atomic E-state index is 12.3. The van der Waals surface area contributed by atoms with Crippen molar-refractivity contribution in [3.63, 3.8) is 0 Å². The molecular weight excluding hydrogens is 401 g/mol. The first-order chi connectivity index (χ1) is 14.4. The Kier molecular flexibility index (Phi) is 8.43. The Bertz CT molecular complexity index is 747. The van der Waals surface area contributed by atoms with Crippen LogP contribution in [0.15, 0.2) is 48.5 Å². The molecule has 0 spiro atoms. The lowest BCUT2D eigenvalue weighted by Gasteiger charge is -2.27. The average molecular weight is 434 g/mol. The number of aryl methyl sites for hydroxylation is 1. The van der Waals surface area contributed by atoms with Gasteiger partial charge in [0.25, 0.3) is 0 Å². The molecule has 1 radical (unpaired) electrons. The predicted molar refractivity (Wildman–Crippen MR) is 119 cm³/mol. The predicted octanol–water partition coefficient (Wildman–Crippen LogP) is 8.28. The number of halogens is 3. The maximum Gasteiger partial charge on any atom is 0.573 e. The zero-order valence-corrected chi connectivity index (χ0v) is 18.8. The smallest absolute Gasteiger partial charge is 0.406 e. The lowest BCUT2D eigenvalue weighted by atomic mass is 9.93. The topological polar surface area (TPSA) is 9.23 Å². The summed E-state index contributed by atoms with van der Waals surface area (Å²) in [5, 5.41) is 0. The van der Waals surface area contributed by atoms with E-state index in [-0.39, 0.29) is 14.5 Å². The first kappa shape index (κ1) is 22.9. The number of hydrogen-bond acceptors (Lipinski definition) is 1. The van der Waals surface area contributed by atoms with Crippen LogP contribution in [0.4, 0.5) is 13.2 Å². The van der Waals surface area contributed by atoms with Gasteiger partial charge in [0.1, 0.15) is 5.75 Å². The Morgan fingerprint density at radius 1 is 0.900 bits per heavy atom. The molecule has 30 heavy (non-hydrogen) atoms. The van der Waals surface area contributed by atoms with Crippen LogP contribution in [-0.2, 0) is 6.42 Å². The third kappa shape index (κ3) is 7.49. The van der Waals surface area contributed by atoms with Crippen LogP contribution in [0.3, 0.4) is 0 Å². The molecule has 3 rings (SSSR count). The van der Waals surface area contributed by atoms with Gasteiger partial charge in [-0.2, -0.15) is 0 Å². The van der Waals surface area contributed by atoms with E-state index in [0.29, 0.717) is 0 Å². The second-order valence-electron chi connectivity index (χ2n) is 8.46. The second-order valence-corrected chi connectivity index (χ2v) is 11.5. The van der Waals surface area contributed by atoms with Crippen molar-refractivity contribution in [2.45, 2.75) is 76.4 Å². The molecule has 0 aliphatic carbocycles. The van der Waals surface area contributed by atoms with Crippen molar-refractivity contribution in [3.05, 3.63) is 54.1 Å². The molecule has 0 aromatic heterocycles. The highest BCUT2D eigenvalue weighted by atomic mass is 28.3. The fraction of sp³-hybridized carbons (Fsp3) is 0.520. The van der Waals surface area contributed by atoms with Crippen molar-refractivity contribution >= 4 is 8.80 Å². The molecular formula is C25H32F3OSi. The van der Waals surface area contributed by atoms with Crippen LogP contribution in [0.25, 0.3) is 11.1 Å². The van der Waals surface area contributed by atoms with Crippen LogP contribution in [-0.4, -0.2) is 15.2 Å². The van der Waals surface area contributed by atoms with E-state index < -0.39 is 6.36 Å². The van der Waals surface area contributed by atoms with Crippen molar-refractivity contribution < 1.29 is 17.9 Å². The second kappa shape index (κ2) is 11.0. The summed E-state index contributed by atoms with van der Waals surface area (Å²) in [5.74, 6) is 0.691. The van der Waals surface area contributed by atoms with Crippen LogP contribution in [0.5, 0.6) is 5.75 Å². The number of unbranched alkanes of at least 4 members (excludes halogenated alkanes) is 2. The number of alkyl halides is 3. The van der Waals surface area contributed by atoms with Gasteiger partial charge < -0.3 is 4.74 Å². The van der Waals surface area contributed by atoms with Gasteiger partial charge in [0.15, 0.2) is 0 Å². The van der Waals surface area contributed by atoms with E-state index in [4.69, 9.17) is 0 Å². The summed E-state index contributed by atoms with van der Waals surface area (Å²) in [6, 6.07) is 19.0. The van der Waals surface area contributed by atoms with Crippen LogP contribution >= 0.6 is 0 Å². The molecule has 1 aliphatic heterocycles. The van der Waals surface area contributed by atoms with Crippen molar-refractivity contribution in [2.24, 2.45) is 5.92 Å². The summed E-state index contributed by atoms with van der Waals surface area (Å²) in [6.45, 7) is 2.28. The number of hydrogen-bond donors (Lipinski definition) is 0. The molecule has 0 amide bonds. The fourth-order valence-electron chi connectivity index (χ4n) is 4.33. The molecule has 1 saturated heterocycles. The molecule has 1 heterocycles. The molecule has 0 bridgehead atoms. The standard InChI is InChI=1S/C25H32F3OSi/c1-2-3-4-17-30-18-15-21(16-19-30)6-5-20-7-9-22(10-8-20)23-11-13-24(14-12-23)29-25(26,27)28/h7-14,21H,2-6,15-19H2,1H3. The molecule has 1 aliphatic rings. The van der Waals surface area contributed by atoms with Crippen molar-refractivity contribution in [1.29, 1.82) is 0 Å². The van der Waals surface area contributed by atoms with E-state index >= 15 is 0 Å². The van der Waals surface area contributed by atoms with Crippen LogP contribution in [0, 0.1) is 5.92 Å².